The molecule has 100 valence electrons. The van der Waals surface area contributed by atoms with E-state index in [0.29, 0.717) is 0 Å². The molecule has 0 fully saturated rings. The quantitative estimate of drug-likeness (QED) is 0.757. The van der Waals surface area contributed by atoms with Crippen LogP contribution in [-0.4, -0.2) is 23.8 Å². The molecule has 2 nitrogen and oxygen atoms in total. The van der Waals surface area contributed by atoms with Crippen molar-refractivity contribution in [2.45, 2.75) is 51.6 Å². The van der Waals surface area contributed by atoms with Gasteiger partial charge in [0, 0.05) is 6.42 Å². The molecule has 0 bridgehead atoms. The van der Waals surface area contributed by atoms with Crippen molar-refractivity contribution in [2.24, 2.45) is 0 Å². The Morgan fingerprint density at radius 2 is 2.06 bits per heavy atom. The molecule has 2 heteroatoms. The predicted octanol–water partition coefficient (Wildman–Crippen LogP) is 2.47. The van der Waals surface area contributed by atoms with E-state index in [1.165, 1.54) is 36.0 Å². The van der Waals surface area contributed by atoms with E-state index in [0.717, 1.165) is 25.9 Å². The molecule has 1 unspecified atom stereocenters. The van der Waals surface area contributed by atoms with E-state index in [2.05, 4.69) is 30.4 Å². The van der Waals surface area contributed by atoms with Gasteiger partial charge in [-0.05, 0) is 62.4 Å². The van der Waals surface area contributed by atoms with Gasteiger partial charge in [0.1, 0.15) is 0 Å². The molecule has 1 aliphatic carbocycles. The summed E-state index contributed by atoms with van der Waals surface area (Å²) in [7, 11) is 0. The average Bonchev–Trinajstić information content (AvgIpc) is 2.75. The Bertz CT molecular complexity index is 398. The second-order valence-corrected chi connectivity index (χ2v) is 5.73. The van der Waals surface area contributed by atoms with E-state index < -0.39 is 5.60 Å². The summed E-state index contributed by atoms with van der Waals surface area (Å²) in [4.78, 5) is 0. The Morgan fingerprint density at radius 3 is 2.83 bits per heavy atom. The van der Waals surface area contributed by atoms with Gasteiger partial charge < -0.3 is 10.4 Å². The van der Waals surface area contributed by atoms with E-state index in [9.17, 15) is 5.11 Å². The van der Waals surface area contributed by atoms with Gasteiger partial charge in [0.15, 0.2) is 0 Å². The zero-order chi connectivity index (χ0) is 13.0. The van der Waals surface area contributed by atoms with Gasteiger partial charge in [-0.15, -0.1) is 0 Å². The molecular formula is C16H25NO. The topological polar surface area (TPSA) is 32.3 Å². The number of hydrogen-bond acceptors (Lipinski definition) is 2. The molecule has 1 aromatic rings. The van der Waals surface area contributed by atoms with E-state index >= 15 is 0 Å². The lowest BCUT2D eigenvalue weighted by atomic mass is 9.92. The first-order chi connectivity index (χ1) is 8.61. The van der Waals surface area contributed by atoms with Gasteiger partial charge in [-0.1, -0.05) is 25.1 Å². The maximum Gasteiger partial charge on any atom is 0.0672 e. The molecule has 0 saturated carbocycles. The largest absolute Gasteiger partial charge is 0.390 e. The van der Waals surface area contributed by atoms with E-state index in [1.54, 1.807) is 0 Å². The molecule has 0 spiro atoms. The number of aryl methyl sites for hydroxylation is 2. The average molecular weight is 247 g/mol. The number of aliphatic hydroxyl groups is 1. The zero-order valence-electron chi connectivity index (χ0n) is 11.6. The molecule has 0 saturated heterocycles. The van der Waals surface area contributed by atoms with Crippen LogP contribution in [0.5, 0.6) is 0 Å². The van der Waals surface area contributed by atoms with Gasteiger partial charge in [0.25, 0.3) is 0 Å². The second kappa shape index (κ2) is 5.85. The standard InChI is InChI=1S/C16H25NO/c1-3-17-10-9-16(2,18)12-13-7-8-14-5-4-6-15(14)11-13/h7-8,11,17-18H,3-6,9-10,12H2,1-2H3. The molecule has 18 heavy (non-hydrogen) atoms. The molecular weight excluding hydrogens is 222 g/mol. The highest BCUT2D eigenvalue weighted by Crippen LogP contribution is 2.25. The summed E-state index contributed by atoms with van der Waals surface area (Å²) in [5.41, 5.74) is 3.67. The van der Waals surface area contributed by atoms with Crippen molar-refractivity contribution in [3.63, 3.8) is 0 Å². The van der Waals surface area contributed by atoms with E-state index in [1.807, 2.05) is 6.92 Å². The van der Waals surface area contributed by atoms with Crippen LogP contribution in [0.3, 0.4) is 0 Å². The van der Waals surface area contributed by atoms with Crippen molar-refractivity contribution in [2.75, 3.05) is 13.1 Å². The highest BCUT2D eigenvalue weighted by Gasteiger charge is 2.21. The van der Waals surface area contributed by atoms with E-state index in [4.69, 9.17) is 0 Å². The normalized spacial score (nSPS) is 17.5. The number of hydrogen-bond donors (Lipinski definition) is 2. The Labute approximate surface area is 110 Å². The van der Waals surface area contributed by atoms with E-state index in [-0.39, 0.29) is 0 Å². The third kappa shape index (κ3) is 3.56. The van der Waals surface area contributed by atoms with Gasteiger partial charge in [-0.2, -0.15) is 0 Å². The van der Waals surface area contributed by atoms with Gasteiger partial charge in [-0.3, -0.25) is 0 Å². The van der Waals surface area contributed by atoms with Crippen molar-refractivity contribution in [1.82, 2.24) is 5.32 Å². The van der Waals surface area contributed by atoms with Crippen LogP contribution in [0, 0.1) is 0 Å². The first kappa shape index (κ1) is 13.6. The first-order valence-corrected chi connectivity index (χ1v) is 7.14. The maximum absolute atomic E-state index is 10.4. The third-order valence-corrected chi connectivity index (χ3v) is 3.84. The Kier molecular flexibility index (Phi) is 4.41. The molecule has 0 radical (unpaired) electrons. The Hall–Kier alpha value is -0.860. The zero-order valence-corrected chi connectivity index (χ0v) is 11.6. The summed E-state index contributed by atoms with van der Waals surface area (Å²) >= 11 is 0. The molecule has 1 aliphatic rings. The smallest absolute Gasteiger partial charge is 0.0672 e. The Balaban J connectivity index is 1.95. The summed E-state index contributed by atoms with van der Waals surface area (Å²) in [5, 5.41) is 13.7. The predicted molar refractivity (Wildman–Crippen MR) is 76.0 cm³/mol. The first-order valence-electron chi connectivity index (χ1n) is 7.14. The van der Waals surface area contributed by atoms with Crippen molar-refractivity contribution in [1.29, 1.82) is 0 Å². The summed E-state index contributed by atoms with van der Waals surface area (Å²) in [5.74, 6) is 0. The van der Waals surface area contributed by atoms with Gasteiger partial charge in [0.05, 0.1) is 5.60 Å². The lowest BCUT2D eigenvalue weighted by Gasteiger charge is -2.24. The molecule has 0 amide bonds. The molecule has 2 N–H and O–H groups in total. The number of benzene rings is 1. The van der Waals surface area contributed by atoms with Crippen LogP contribution in [0.2, 0.25) is 0 Å². The monoisotopic (exact) mass is 247 g/mol. The van der Waals surface area contributed by atoms with Crippen LogP contribution < -0.4 is 5.32 Å². The molecule has 2 rings (SSSR count). The lowest BCUT2D eigenvalue weighted by Crippen LogP contribution is -2.32. The van der Waals surface area contributed by atoms with Crippen LogP contribution in [-0.2, 0) is 19.3 Å². The molecule has 1 aromatic carbocycles. The summed E-state index contributed by atoms with van der Waals surface area (Å²) in [6, 6.07) is 6.73. The van der Waals surface area contributed by atoms with Gasteiger partial charge in [0.2, 0.25) is 0 Å². The minimum atomic E-state index is -0.602. The fourth-order valence-electron chi connectivity index (χ4n) is 2.80. The fraction of sp³-hybridized carbons (Fsp3) is 0.625. The van der Waals surface area contributed by atoms with Crippen LogP contribution in [0.15, 0.2) is 18.2 Å². The number of fused-ring (bicyclic) bond motifs is 1. The summed E-state index contributed by atoms with van der Waals surface area (Å²) < 4.78 is 0. The van der Waals surface area contributed by atoms with Gasteiger partial charge >= 0.3 is 0 Å². The van der Waals surface area contributed by atoms with Crippen LogP contribution >= 0.6 is 0 Å². The lowest BCUT2D eigenvalue weighted by molar-refractivity contribution is 0.0517. The van der Waals surface area contributed by atoms with Gasteiger partial charge in [-0.25, -0.2) is 0 Å². The fourth-order valence-corrected chi connectivity index (χ4v) is 2.80. The molecule has 0 aromatic heterocycles. The van der Waals surface area contributed by atoms with Crippen LogP contribution in [0.4, 0.5) is 0 Å². The summed E-state index contributed by atoms with van der Waals surface area (Å²) in [6.45, 7) is 5.89. The minimum absolute atomic E-state index is 0.602. The molecule has 1 atom stereocenters. The molecule has 0 heterocycles. The highest BCUT2D eigenvalue weighted by atomic mass is 16.3. The van der Waals surface area contributed by atoms with Crippen molar-refractivity contribution in [3.05, 3.63) is 34.9 Å². The Morgan fingerprint density at radius 1 is 1.28 bits per heavy atom. The molecule has 0 aliphatic heterocycles. The second-order valence-electron chi connectivity index (χ2n) is 5.73. The number of nitrogens with one attached hydrogen (secondary N) is 1. The van der Waals surface area contributed by atoms with Crippen molar-refractivity contribution >= 4 is 0 Å². The summed E-state index contributed by atoms with van der Waals surface area (Å²) in [6.07, 6.45) is 5.29. The highest BCUT2D eigenvalue weighted by molar-refractivity contribution is 5.35. The SMILES string of the molecule is CCNCCC(C)(O)Cc1ccc2c(c1)CCC2. The van der Waals surface area contributed by atoms with Crippen molar-refractivity contribution < 1.29 is 5.11 Å². The van der Waals surface area contributed by atoms with Crippen molar-refractivity contribution in [3.8, 4) is 0 Å². The van der Waals surface area contributed by atoms with Crippen LogP contribution in [0.1, 0.15) is 43.4 Å². The minimum Gasteiger partial charge on any atom is -0.390 e. The third-order valence-electron chi connectivity index (χ3n) is 3.84. The number of rotatable bonds is 6. The van der Waals surface area contributed by atoms with Crippen LogP contribution in [0.25, 0.3) is 0 Å². The maximum atomic E-state index is 10.4.